The first kappa shape index (κ1) is 17.7. The minimum Gasteiger partial charge on any atom is -0.478 e. The van der Waals surface area contributed by atoms with Gasteiger partial charge in [-0.15, -0.1) is 0 Å². The molecule has 0 heterocycles. The highest BCUT2D eigenvalue weighted by atomic mass is 16.4. The van der Waals surface area contributed by atoms with Gasteiger partial charge in [-0.3, -0.25) is 0 Å². The normalized spacial score (nSPS) is 12.1. The number of hydrogen-bond donors (Lipinski definition) is 2. The maximum Gasteiger partial charge on any atom is 0.332 e. The van der Waals surface area contributed by atoms with E-state index in [9.17, 15) is 19.8 Å². The van der Waals surface area contributed by atoms with Crippen molar-refractivity contribution in [1.82, 2.24) is 0 Å². The molecule has 0 saturated carbocycles. The van der Waals surface area contributed by atoms with Gasteiger partial charge in [0.2, 0.25) is 0 Å². The molecule has 0 saturated heterocycles. The summed E-state index contributed by atoms with van der Waals surface area (Å²) in [6, 6.07) is 0. The lowest BCUT2D eigenvalue weighted by atomic mass is 9.97. The molecule has 0 fully saturated rings. The van der Waals surface area contributed by atoms with E-state index in [1.807, 2.05) is 6.92 Å². The average molecular weight is 270 g/mol. The maximum absolute atomic E-state index is 11.2. The molecule has 110 valence electrons. The topological polar surface area (TPSA) is 74.6 Å². The van der Waals surface area contributed by atoms with E-state index in [1.54, 1.807) is 0 Å². The maximum atomic E-state index is 11.2. The third kappa shape index (κ3) is 7.65. The largest absolute Gasteiger partial charge is 0.478 e. The van der Waals surface area contributed by atoms with E-state index in [2.05, 4.69) is 6.92 Å². The highest BCUT2D eigenvalue weighted by molar-refractivity contribution is 5.98. The van der Waals surface area contributed by atoms with Crippen molar-refractivity contribution in [2.75, 3.05) is 0 Å². The minimum absolute atomic E-state index is 0.0949. The Kier molecular flexibility index (Phi) is 9.85. The Labute approximate surface area is 115 Å². The summed E-state index contributed by atoms with van der Waals surface area (Å²) in [6.45, 7) is 4.12. The molecule has 4 heteroatoms. The van der Waals surface area contributed by atoms with Crippen LogP contribution in [0.1, 0.15) is 71.6 Å². The summed E-state index contributed by atoms with van der Waals surface area (Å²) in [7, 11) is 0. The molecule has 0 spiro atoms. The SMILES string of the molecule is CCCCCCC(C(=O)O)=C(CCCCC)C(=O)O. The first-order valence-corrected chi connectivity index (χ1v) is 7.23. The van der Waals surface area contributed by atoms with Crippen molar-refractivity contribution in [1.29, 1.82) is 0 Å². The van der Waals surface area contributed by atoms with Gasteiger partial charge in [-0.1, -0.05) is 46.0 Å². The van der Waals surface area contributed by atoms with E-state index >= 15 is 0 Å². The Morgan fingerprint density at radius 2 is 1.05 bits per heavy atom. The van der Waals surface area contributed by atoms with E-state index in [0.717, 1.165) is 44.9 Å². The summed E-state index contributed by atoms with van der Waals surface area (Å²) in [5.41, 5.74) is 0.192. The Bertz CT molecular complexity index is 318. The van der Waals surface area contributed by atoms with Crippen molar-refractivity contribution in [3.05, 3.63) is 11.1 Å². The van der Waals surface area contributed by atoms with Crippen LogP contribution in [0.2, 0.25) is 0 Å². The fourth-order valence-corrected chi connectivity index (χ4v) is 2.05. The van der Waals surface area contributed by atoms with Crippen molar-refractivity contribution >= 4 is 11.9 Å². The Morgan fingerprint density at radius 1 is 0.684 bits per heavy atom. The van der Waals surface area contributed by atoms with Crippen LogP contribution in [0, 0.1) is 0 Å². The molecule has 0 unspecified atom stereocenters. The molecule has 4 nitrogen and oxygen atoms in total. The standard InChI is InChI=1S/C15H26O4/c1-3-5-7-9-11-13(15(18)19)12(14(16)17)10-8-6-4-2/h3-11H2,1-2H3,(H,16,17)(H,18,19). The second-order valence-corrected chi connectivity index (χ2v) is 4.84. The molecule has 0 amide bonds. The number of carbonyl (C=O) groups is 2. The molecule has 0 aromatic heterocycles. The Morgan fingerprint density at radius 3 is 1.42 bits per heavy atom. The second-order valence-electron chi connectivity index (χ2n) is 4.84. The lowest BCUT2D eigenvalue weighted by Crippen LogP contribution is -2.12. The van der Waals surface area contributed by atoms with Crippen LogP contribution in [0.25, 0.3) is 0 Å². The first-order valence-electron chi connectivity index (χ1n) is 7.23. The van der Waals surface area contributed by atoms with Gasteiger partial charge in [0, 0.05) is 11.1 Å². The van der Waals surface area contributed by atoms with E-state index in [0.29, 0.717) is 12.8 Å². The number of carboxylic acids is 2. The van der Waals surface area contributed by atoms with Crippen molar-refractivity contribution in [2.24, 2.45) is 0 Å². The smallest absolute Gasteiger partial charge is 0.332 e. The van der Waals surface area contributed by atoms with Crippen LogP contribution in [0.5, 0.6) is 0 Å². The quantitative estimate of drug-likeness (QED) is 0.439. The third-order valence-electron chi connectivity index (χ3n) is 3.19. The van der Waals surface area contributed by atoms with Crippen LogP contribution in [-0.2, 0) is 9.59 Å². The van der Waals surface area contributed by atoms with Crippen LogP contribution in [0.3, 0.4) is 0 Å². The highest BCUT2D eigenvalue weighted by Crippen LogP contribution is 2.20. The lowest BCUT2D eigenvalue weighted by molar-refractivity contribution is -0.136. The van der Waals surface area contributed by atoms with E-state index in [1.165, 1.54) is 0 Å². The molecule has 0 aliphatic carbocycles. The summed E-state index contributed by atoms with van der Waals surface area (Å²) in [5.74, 6) is -2.16. The fraction of sp³-hybridized carbons (Fsp3) is 0.733. The zero-order valence-electron chi connectivity index (χ0n) is 12.1. The Hall–Kier alpha value is -1.32. The molecule has 0 aliphatic rings. The van der Waals surface area contributed by atoms with E-state index in [-0.39, 0.29) is 11.1 Å². The van der Waals surface area contributed by atoms with Crippen molar-refractivity contribution in [3.63, 3.8) is 0 Å². The van der Waals surface area contributed by atoms with Gasteiger partial charge in [-0.2, -0.15) is 0 Å². The van der Waals surface area contributed by atoms with Crippen LogP contribution < -0.4 is 0 Å². The van der Waals surface area contributed by atoms with Gasteiger partial charge >= 0.3 is 11.9 Å². The summed E-state index contributed by atoms with van der Waals surface area (Å²) in [6.07, 6.45) is 7.23. The molecule has 0 radical (unpaired) electrons. The molecule has 0 bridgehead atoms. The summed E-state index contributed by atoms with van der Waals surface area (Å²) in [4.78, 5) is 22.4. The molecule has 0 aliphatic heterocycles. The summed E-state index contributed by atoms with van der Waals surface area (Å²) < 4.78 is 0. The van der Waals surface area contributed by atoms with Crippen LogP contribution in [0.4, 0.5) is 0 Å². The second kappa shape index (κ2) is 10.6. The molecular formula is C15H26O4. The number of carboxylic acid groups (broad SMARTS) is 2. The van der Waals surface area contributed by atoms with Crippen LogP contribution in [-0.4, -0.2) is 22.2 Å². The lowest BCUT2D eigenvalue weighted by Gasteiger charge is -2.09. The number of aliphatic carboxylic acids is 2. The molecule has 0 rings (SSSR count). The van der Waals surface area contributed by atoms with Gasteiger partial charge in [-0.25, -0.2) is 9.59 Å². The Balaban J connectivity index is 4.72. The first-order chi connectivity index (χ1) is 9.04. The summed E-state index contributed by atoms with van der Waals surface area (Å²) in [5, 5.41) is 18.4. The molecule has 19 heavy (non-hydrogen) atoms. The van der Waals surface area contributed by atoms with Crippen LogP contribution >= 0.6 is 0 Å². The minimum atomic E-state index is -1.08. The number of unbranched alkanes of at least 4 members (excludes halogenated alkanes) is 5. The van der Waals surface area contributed by atoms with Gasteiger partial charge in [0.25, 0.3) is 0 Å². The zero-order valence-corrected chi connectivity index (χ0v) is 12.1. The molecule has 2 N–H and O–H groups in total. The fourth-order valence-electron chi connectivity index (χ4n) is 2.05. The van der Waals surface area contributed by atoms with Crippen molar-refractivity contribution in [2.45, 2.75) is 71.6 Å². The monoisotopic (exact) mass is 270 g/mol. The average Bonchev–Trinajstić information content (AvgIpc) is 2.35. The van der Waals surface area contributed by atoms with Crippen LogP contribution in [0.15, 0.2) is 11.1 Å². The molecular weight excluding hydrogens is 244 g/mol. The van der Waals surface area contributed by atoms with Gasteiger partial charge < -0.3 is 10.2 Å². The zero-order chi connectivity index (χ0) is 14.7. The molecule has 0 aromatic rings. The number of rotatable bonds is 11. The molecule has 0 atom stereocenters. The molecule has 0 aromatic carbocycles. The van der Waals surface area contributed by atoms with Gasteiger partial charge in [0.1, 0.15) is 0 Å². The van der Waals surface area contributed by atoms with Crippen molar-refractivity contribution in [3.8, 4) is 0 Å². The van der Waals surface area contributed by atoms with E-state index < -0.39 is 11.9 Å². The highest BCUT2D eigenvalue weighted by Gasteiger charge is 2.19. The third-order valence-corrected chi connectivity index (χ3v) is 3.19. The number of hydrogen-bond acceptors (Lipinski definition) is 2. The van der Waals surface area contributed by atoms with Gasteiger partial charge in [0.05, 0.1) is 0 Å². The van der Waals surface area contributed by atoms with Crippen molar-refractivity contribution < 1.29 is 19.8 Å². The van der Waals surface area contributed by atoms with E-state index in [4.69, 9.17) is 0 Å². The predicted molar refractivity (Wildman–Crippen MR) is 75.2 cm³/mol. The van der Waals surface area contributed by atoms with Gasteiger partial charge in [-0.05, 0) is 25.7 Å². The summed E-state index contributed by atoms with van der Waals surface area (Å²) >= 11 is 0. The van der Waals surface area contributed by atoms with Gasteiger partial charge in [0.15, 0.2) is 0 Å². The predicted octanol–water partition coefficient (Wildman–Crippen LogP) is 4.00.